The summed E-state index contributed by atoms with van der Waals surface area (Å²) < 4.78 is 5.85. The summed E-state index contributed by atoms with van der Waals surface area (Å²) in [5.41, 5.74) is 0.786. The first-order valence-corrected chi connectivity index (χ1v) is 9.67. The van der Waals surface area contributed by atoms with E-state index in [1.807, 2.05) is 0 Å². The van der Waals surface area contributed by atoms with E-state index in [2.05, 4.69) is 13.8 Å². The van der Waals surface area contributed by atoms with Crippen LogP contribution in [0.2, 0.25) is 0 Å². The number of carbonyl (C=O) groups is 1. The van der Waals surface area contributed by atoms with E-state index in [4.69, 9.17) is 4.74 Å². The van der Waals surface area contributed by atoms with Crippen molar-refractivity contribution in [3.8, 4) is 0 Å². The van der Waals surface area contributed by atoms with Gasteiger partial charge in [-0.2, -0.15) is 0 Å². The van der Waals surface area contributed by atoms with E-state index in [0.717, 1.165) is 30.8 Å². The largest absolute Gasteiger partial charge is 0.465 e. The molecule has 22 heavy (non-hydrogen) atoms. The van der Waals surface area contributed by atoms with Gasteiger partial charge < -0.3 is 4.74 Å². The van der Waals surface area contributed by atoms with Crippen molar-refractivity contribution in [1.29, 1.82) is 0 Å². The van der Waals surface area contributed by atoms with Gasteiger partial charge in [0.2, 0.25) is 0 Å². The van der Waals surface area contributed by atoms with Crippen molar-refractivity contribution >= 4 is 5.97 Å². The van der Waals surface area contributed by atoms with Gasteiger partial charge in [0.25, 0.3) is 0 Å². The second kappa shape index (κ2) is 4.11. The molecule has 5 fully saturated rings. The monoisotopic (exact) mass is 302 g/mol. The molecule has 5 aliphatic rings. The average molecular weight is 302 g/mol. The highest BCUT2D eigenvalue weighted by atomic mass is 16.5. The standard InChI is InChI=1S/C20H30O2/c1-13-10-19-9-6-15-18(2)7-3-8-20(15,12-22-17(18)21)16(19)5-4-14(13)11-19/h13-16H,3-12H2,1-2H3/t13-,14+,15+,16+,18+,19+,20-/m0/s1. The Labute approximate surface area is 134 Å². The first kappa shape index (κ1) is 13.9. The lowest BCUT2D eigenvalue weighted by Crippen LogP contribution is -2.64. The van der Waals surface area contributed by atoms with Crippen LogP contribution in [0.15, 0.2) is 0 Å². The Hall–Kier alpha value is -0.530. The van der Waals surface area contributed by atoms with Gasteiger partial charge in [0.1, 0.15) is 0 Å². The van der Waals surface area contributed by atoms with E-state index >= 15 is 0 Å². The lowest BCUT2D eigenvalue weighted by molar-refractivity contribution is -0.232. The third-order valence-corrected chi connectivity index (χ3v) is 9.13. The highest BCUT2D eigenvalue weighted by Crippen LogP contribution is 2.73. The molecule has 0 N–H and O–H groups in total. The smallest absolute Gasteiger partial charge is 0.312 e. The summed E-state index contributed by atoms with van der Waals surface area (Å²) in [6.07, 6.45) is 12.1. The predicted octanol–water partition coefficient (Wildman–Crippen LogP) is 4.57. The molecule has 7 atom stereocenters. The molecule has 0 aromatic heterocycles. The van der Waals surface area contributed by atoms with Gasteiger partial charge in [-0.15, -0.1) is 0 Å². The van der Waals surface area contributed by atoms with Crippen LogP contribution in [0, 0.1) is 39.9 Å². The van der Waals surface area contributed by atoms with E-state index in [-0.39, 0.29) is 11.4 Å². The molecule has 1 spiro atoms. The van der Waals surface area contributed by atoms with Crippen molar-refractivity contribution in [2.24, 2.45) is 39.9 Å². The van der Waals surface area contributed by atoms with Crippen LogP contribution in [-0.2, 0) is 9.53 Å². The van der Waals surface area contributed by atoms with E-state index < -0.39 is 0 Å². The van der Waals surface area contributed by atoms with Gasteiger partial charge in [0.05, 0.1) is 12.0 Å². The molecule has 0 radical (unpaired) electrons. The summed E-state index contributed by atoms with van der Waals surface area (Å²) in [4.78, 5) is 12.5. The van der Waals surface area contributed by atoms with Crippen LogP contribution in [0.25, 0.3) is 0 Å². The van der Waals surface area contributed by atoms with Crippen LogP contribution >= 0.6 is 0 Å². The summed E-state index contributed by atoms with van der Waals surface area (Å²) in [7, 11) is 0. The minimum Gasteiger partial charge on any atom is -0.465 e. The molecule has 0 aromatic rings. The molecule has 1 aliphatic heterocycles. The third-order valence-electron chi connectivity index (χ3n) is 9.13. The van der Waals surface area contributed by atoms with E-state index in [9.17, 15) is 4.79 Å². The fourth-order valence-corrected chi connectivity index (χ4v) is 8.35. The number of carbonyl (C=O) groups excluding carboxylic acids is 1. The number of hydrogen-bond acceptors (Lipinski definition) is 2. The molecule has 5 rings (SSSR count). The van der Waals surface area contributed by atoms with Gasteiger partial charge in [-0.3, -0.25) is 4.79 Å². The zero-order valence-corrected chi connectivity index (χ0v) is 14.2. The molecule has 2 heteroatoms. The highest BCUT2D eigenvalue weighted by molar-refractivity contribution is 5.78. The van der Waals surface area contributed by atoms with E-state index in [1.165, 1.54) is 51.4 Å². The summed E-state index contributed by atoms with van der Waals surface area (Å²) >= 11 is 0. The number of rotatable bonds is 0. The summed E-state index contributed by atoms with van der Waals surface area (Å²) in [5.74, 6) is 3.49. The zero-order chi connectivity index (χ0) is 15.2. The normalized spacial score (nSPS) is 59.5. The fraction of sp³-hybridized carbons (Fsp3) is 0.950. The average Bonchev–Trinajstić information content (AvgIpc) is 2.73. The maximum Gasteiger partial charge on any atom is 0.312 e. The first-order chi connectivity index (χ1) is 10.5. The minimum atomic E-state index is -0.167. The summed E-state index contributed by atoms with van der Waals surface area (Å²) in [5, 5.41) is 0. The first-order valence-electron chi connectivity index (χ1n) is 9.67. The zero-order valence-electron chi connectivity index (χ0n) is 14.2. The van der Waals surface area contributed by atoms with Crippen LogP contribution in [0.3, 0.4) is 0 Å². The molecular formula is C20H30O2. The Morgan fingerprint density at radius 1 is 1.05 bits per heavy atom. The second-order valence-corrected chi connectivity index (χ2v) is 9.81. The second-order valence-electron chi connectivity index (χ2n) is 9.81. The van der Waals surface area contributed by atoms with Crippen LogP contribution in [0.4, 0.5) is 0 Å². The number of hydrogen-bond donors (Lipinski definition) is 0. The minimum absolute atomic E-state index is 0.122. The summed E-state index contributed by atoms with van der Waals surface area (Å²) in [6, 6.07) is 0. The quantitative estimate of drug-likeness (QED) is 0.613. The molecule has 0 unspecified atom stereocenters. The SMILES string of the molecule is C[C@H]1C[C@@]23CC[C@H]4[C@@]5(CCC[C@@]4(C)C(=O)OC5)[C@@H]2CC[C@@H]1C3. The lowest BCUT2D eigenvalue weighted by Gasteiger charge is -2.66. The van der Waals surface area contributed by atoms with Crippen molar-refractivity contribution in [2.45, 2.75) is 71.6 Å². The molecule has 4 bridgehead atoms. The molecule has 0 amide bonds. The predicted molar refractivity (Wildman–Crippen MR) is 85.1 cm³/mol. The molecule has 1 heterocycles. The maximum atomic E-state index is 12.5. The molecule has 4 saturated carbocycles. The maximum absolute atomic E-state index is 12.5. The highest BCUT2D eigenvalue weighted by Gasteiger charge is 2.69. The van der Waals surface area contributed by atoms with Gasteiger partial charge >= 0.3 is 5.97 Å². The lowest BCUT2D eigenvalue weighted by atomic mass is 9.40. The van der Waals surface area contributed by atoms with Crippen LogP contribution in [0.5, 0.6) is 0 Å². The van der Waals surface area contributed by atoms with Gasteiger partial charge in [0, 0.05) is 5.41 Å². The van der Waals surface area contributed by atoms with Crippen LogP contribution in [-0.4, -0.2) is 12.6 Å². The topological polar surface area (TPSA) is 26.3 Å². The Bertz CT molecular complexity index is 524. The number of esters is 1. The Morgan fingerprint density at radius 3 is 2.77 bits per heavy atom. The molecular weight excluding hydrogens is 272 g/mol. The molecule has 1 saturated heterocycles. The third kappa shape index (κ3) is 1.42. The molecule has 4 aliphatic carbocycles. The Balaban J connectivity index is 1.60. The van der Waals surface area contributed by atoms with Gasteiger partial charge in [-0.25, -0.2) is 0 Å². The van der Waals surface area contributed by atoms with Gasteiger partial charge in [0.15, 0.2) is 0 Å². The molecule has 0 aromatic carbocycles. The van der Waals surface area contributed by atoms with E-state index in [0.29, 0.717) is 16.7 Å². The Kier molecular flexibility index (Phi) is 2.59. The van der Waals surface area contributed by atoms with Crippen molar-refractivity contribution in [1.82, 2.24) is 0 Å². The van der Waals surface area contributed by atoms with Crippen molar-refractivity contribution < 1.29 is 9.53 Å². The van der Waals surface area contributed by atoms with E-state index in [1.54, 1.807) is 0 Å². The number of cyclic esters (lactones) is 1. The number of ether oxygens (including phenoxy) is 1. The van der Waals surface area contributed by atoms with Crippen LogP contribution in [0.1, 0.15) is 71.6 Å². The Morgan fingerprint density at radius 2 is 1.91 bits per heavy atom. The summed E-state index contributed by atoms with van der Waals surface area (Å²) in [6.45, 7) is 5.48. The van der Waals surface area contributed by atoms with Gasteiger partial charge in [-0.05, 0) is 87.4 Å². The van der Waals surface area contributed by atoms with Crippen molar-refractivity contribution in [3.63, 3.8) is 0 Å². The molecule has 122 valence electrons. The van der Waals surface area contributed by atoms with Crippen molar-refractivity contribution in [2.75, 3.05) is 6.61 Å². The molecule has 2 nitrogen and oxygen atoms in total. The van der Waals surface area contributed by atoms with Crippen molar-refractivity contribution in [3.05, 3.63) is 0 Å². The van der Waals surface area contributed by atoms with Crippen LogP contribution < -0.4 is 0 Å². The number of fused-ring (bicyclic) bond motifs is 1. The van der Waals surface area contributed by atoms with Gasteiger partial charge in [-0.1, -0.05) is 13.3 Å². The fourth-order valence-electron chi connectivity index (χ4n) is 8.35.